The van der Waals surface area contributed by atoms with Crippen molar-refractivity contribution in [1.82, 2.24) is 20.4 Å². The van der Waals surface area contributed by atoms with Gasteiger partial charge in [0.25, 0.3) is 11.5 Å². The van der Waals surface area contributed by atoms with Crippen molar-refractivity contribution in [2.45, 2.75) is 32.9 Å². The first-order chi connectivity index (χ1) is 13.8. The van der Waals surface area contributed by atoms with E-state index in [1.807, 2.05) is 26.0 Å². The van der Waals surface area contributed by atoms with Crippen LogP contribution in [0.15, 0.2) is 51.9 Å². The zero-order valence-electron chi connectivity index (χ0n) is 16.3. The molecule has 1 atom stereocenters. The Morgan fingerprint density at radius 3 is 2.38 bits per heavy atom. The first-order valence-electron chi connectivity index (χ1n) is 9.15. The van der Waals surface area contributed by atoms with Crippen molar-refractivity contribution < 1.29 is 14.1 Å². The molecular formula is C21H20N4O4. The van der Waals surface area contributed by atoms with Gasteiger partial charge in [-0.25, -0.2) is 4.79 Å². The molecule has 1 fully saturated rings. The Balaban J connectivity index is 1.79. The van der Waals surface area contributed by atoms with E-state index in [2.05, 4.69) is 15.8 Å². The van der Waals surface area contributed by atoms with Gasteiger partial charge in [-0.15, -0.1) is 0 Å². The molecule has 2 aromatic heterocycles. The molecule has 29 heavy (non-hydrogen) atoms. The van der Waals surface area contributed by atoms with Crippen LogP contribution in [0.4, 0.5) is 4.79 Å². The van der Waals surface area contributed by atoms with Gasteiger partial charge in [0.05, 0.1) is 12.2 Å². The molecule has 4 rings (SSSR count). The van der Waals surface area contributed by atoms with Crippen LogP contribution in [-0.2, 0) is 16.9 Å². The fourth-order valence-corrected chi connectivity index (χ4v) is 3.75. The summed E-state index contributed by atoms with van der Waals surface area (Å²) in [7, 11) is 0. The van der Waals surface area contributed by atoms with Gasteiger partial charge in [0.1, 0.15) is 5.76 Å². The molecule has 0 spiro atoms. The Bertz CT molecular complexity index is 1160. The maximum absolute atomic E-state index is 12.8. The number of nitrogens with one attached hydrogen (secondary N) is 2. The number of rotatable bonds is 4. The molecule has 0 saturated carbocycles. The number of urea groups is 1. The summed E-state index contributed by atoms with van der Waals surface area (Å²) in [5.41, 5.74) is 2.08. The van der Waals surface area contributed by atoms with Crippen molar-refractivity contribution in [3.8, 4) is 11.1 Å². The number of carbonyl (C=O) groups excluding carboxylic acids is 2. The second-order valence-electron chi connectivity index (χ2n) is 7.21. The molecule has 8 heteroatoms. The summed E-state index contributed by atoms with van der Waals surface area (Å²) in [6.07, 6.45) is 1.60. The van der Waals surface area contributed by atoms with Gasteiger partial charge in [0.15, 0.2) is 5.54 Å². The predicted octanol–water partition coefficient (Wildman–Crippen LogP) is 2.16. The Morgan fingerprint density at radius 2 is 1.79 bits per heavy atom. The summed E-state index contributed by atoms with van der Waals surface area (Å²) in [4.78, 5) is 37.3. The van der Waals surface area contributed by atoms with Crippen LogP contribution in [0.25, 0.3) is 11.1 Å². The minimum Gasteiger partial charge on any atom is -0.361 e. The van der Waals surface area contributed by atoms with Gasteiger partial charge >= 0.3 is 6.03 Å². The van der Waals surface area contributed by atoms with Crippen molar-refractivity contribution in [2.24, 2.45) is 0 Å². The lowest BCUT2D eigenvalue weighted by molar-refractivity contribution is -0.124. The number of imide groups is 1. The third kappa shape index (κ3) is 3.02. The third-order valence-electron chi connectivity index (χ3n) is 5.26. The Hall–Kier alpha value is -3.68. The number of pyridine rings is 1. The molecule has 0 bridgehead atoms. The van der Waals surface area contributed by atoms with E-state index in [1.54, 1.807) is 37.4 Å². The quantitative estimate of drug-likeness (QED) is 0.662. The largest absolute Gasteiger partial charge is 0.361 e. The Morgan fingerprint density at radius 1 is 1.07 bits per heavy atom. The van der Waals surface area contributed by atoms with Crippen LogP contribution in [0.5, 0.6) is 0 Å². The molecule has 8 nitrogen and oxygen atoms in total. The molecule has 3 amide bonds. The molecule has 148 valence electrons. The minimum absolute atomic E-state index is 0.0181. The number of nitrogens with zero attached hydrogens (tertiary/aromatic N) is 2. The molecule has 1 saturated heterocycles. The smallest absolute Gasteiger partial charge is 0.322 e. The maximum Gasteiger partial charge on any atom is 0.322 e. The molecular weight excluding hydrogens is 372 g/mol. The monoisotopic (exact) mass is 392 g/mol. The average molecular weight is 392 g/mol. The van der Waals surface area contributed by atoms with Gasteiger partial charge in [-0.2, -0.15) is 0 Å². The number of aryl methyl sites for hydroxylation is 3. The number of hydrogen-bond acceptors (Lipinski definition) is 5. The summed E-state index contributed by atoms with van der Waals surface area (Å²) in [6, 6.07) is 10.1. The number of benzene rings is 1. The zero-order valence-corrected chi connectivity index (χ0v) is 16.3. The SMILES string of the molecule is Cc1noc(C)c1-c1ccc(C2(Cn3cccc(C)c3=O)NC(=O)NC2=O)cc1. The van der Waals surface area contributed by atoms with Crippen molar-refractivity contribution in [1.29, 1.82) is 0 Å². The van der Waals surface area contributed by atoms with Gasteiger partial charge in [0, 0.05) is 17.3 Å². The first kappa shape index (κ1) is 18.7. The first-order valence-corrected chi connectivity index (χ1v) is 9.15. The highest BCUT2D eigenvalue weighted by molar-refractivity contribution is 6.07. The summed E-state index contributed by atoms with van der Waals surface area (Å²) in [5, 5.41) is 8.97. The van der Waals surface area contributed by atoms with E-state index in [9.17, 15) is 14.4 Å². The number of hydrogen-bond donors (Lipinski definition) is 2. The normalized spacial score (nSPS) is 18.6. The lowest BCUT2D eigenvalue weighted by atomic mass is 9.88. The maximum atomic E-state index is 12.8. The molecule has 0 radical (unpaired) electrons. The second kappa shape index (κ2) is 6.73. The van der Waals surface area contributed by atoms with Crippen molar-refractivity contribution in [2.75, 3.05) is 0 Å². The van der Waals surface area contributed by atoms with Crippen LogP contribution in [-0.4, -0.2) is 21.7 Å². The fourth-order valence-electron chi connectivity index (χ4n) is 3.75. The van der Waals surface area contributed by atoms with Gasteiger partial charge in [-0.1, -0.05) is 35.5 Å². The second-order valence-corrected chi connectivity index (χ2v) is 7.21. The van der Waals surface area contributed by atoms with E-state index in [-0.39, 0.29) is 12.1 Å². The predicted molar refractivity (Wildman–Crippen MR) is 105 cm³/mol. The van der Waals surface area contributed by atoms with Crippen molar-refractivity contribution in [3.63, 3.8) is 0 Å². The molecule has 3 aromatic rings. The Labute approximate surface area is 166 Å². The van der Waals surface area contributed by atoms with E-state index in [4.69, 9.17) is 4.52 Å². The van der Waals surface area contributed by atoms with Crippen LogP contribution < -0.4 is 16.2 Å². The van der Waals surface area contributed by atoms with E-state index >= 15 is 0 Å². The summed E-state index contributed by atoms with van der Waals surface area (Å²) >= 11 is 0. The van der Waals surface area contributed by atoms with Gasteiger partial charge in [-0.05, 0) is 38.0 Å². The number of amides is 3. The zero-order chi connectivity index (χ0) is 20.8. The average Bonchev–Trinajstić information content (AvgIpc) is 3.17. The lowest BCUT2D eigenvalue weighted by Gasteiger charge is -2.27. The topological polar surface area (TPSA) is 106 Å². The highest BCUT2D eigenvalue weighted by Crippen LogP contribution is 2.31. The highest BCUT2D eigenvalue weighted by atomic mass is 16.5. The lowest BCUT2D eigenvalue weighted by Crippen LogP contribution is -2.49. The molecule has 1 aliphatic heterocycles. The van der Waals surface area contributed by atoms with Crippen molar-refractivity contribution in [3.05, 3.63) is 75.5 Å². The third-order valence-corrected chi connectivity index (χ3v) is 5.26. The summed E-state index contributed by atoms with van der Waals surface area (Å²) in [5.74, 6) is 0.198. The minimum atomic E-state index is -1.38. The van der Waals surface area contributed by atoms with E-state index in [0.29, 0.717) is 16.9 Å². The number of aromatic nitrogens is 2. The van der Waals surface area contributed by atoms with Gasteiger partial charge in [-0.3, -0.25) is 14.9 Å². The van der Waals surface area contributed by atoms with Crippen LogP contribution in [0.2, 0.25) is 0 Å². The van der Waals surface area contributed by atoms with Gasteiger partial charge < -0.3 is 14.4 Å². The fraction of sp³-hybridized carbons (Fsp3) is 0.238. The summed E-state index contributed by atoms with van der Waals surface area (Å²) < 4.78 is 6.66. The standard InChI is InChI=1S/C21H20N4O4/c1-12-5-4-10-25(18(12)26)11-21(19(27)22-20(28)23-21)16-8-6-15(7-9-16)17-13(2)24-29-14(17)3/h4-10H,11H2,1-3H3,(H2,22,23,27,28). The molecule has 1 aromatic carbocycles. The molecule has 0 aliphatic carbocycles. The van der Waals surface area contributed by atoms with E-state index in [0.717, 1.165) is 16.8 Å². The molecule has 2 N–H and O–H groups in total. The van der Waals surface area contributed by atoms with Gasteiger partial charge in [0.2, 0.25) is 0 Å². The molecule has 1 unspecified atom stereocenters. The Kier molecular flexibility index (Phi) is 4.34. The van der Waals surface area contributed by atoms with Crippen LogP contribution in [0.3, 0.4) is 0 Å². The van der Waals surface area contributed by atoms with E-state index in [1.165, 1.54) is 4.57 Å². The highest BCUT2D eigenvalue weighted by Gasteiger charge is 2.48. The summed E-state index contributed by atoms with van der Waals surface area (Å²) in [6.45, 7) is 5.38. The van der Waals surface area contributed by atoms with Crippen LogP contribution >= 0.6 is 0 Å². The van der Waals surface area contributed by atoms with Crippen LogP contribution in [0, 0.1) is 20.8 Å². The number of carbonyl (C=O) groups is 2. The molecule has 1 aliphatic rings. The van der Waals surface area contributed by atoms with Crippen LogP contribution in [0.1, 0.15) is 22.6 Å². The molecule has 3 heterocycles. The van der Waals surface area contributed by atoms with Crippen molar-refractivity contribution >= 4 is 11.9 Å². The van der Waals surface area contributed by atoms with E-state index < -0.39 is 17.5 Å².